The van der Waals surface area contributed by atoms with Crippen LogP contribution in [-0.4, -0.2) is 55.7 Å². The molecule has 0 aliphatic heterocycles. The molecule has 0 atom stereocenters. The summed E-state index contributed by atoms with van der Waals surface area (Å²) in [5, 5.41) is 17.1. The van der Waals surface area contributed by atoms with Crippen molar-refractivity contribution >= 4 is 38.8 Å². The first kappa shape index (κ1) is 25.1. The van der Waals surface area contributed by atoms with Crippen LogP contribution in [0.25, 0.3) is 21.3 Å². The van der Waals surface area contributed by atoms with Crippen molar-refractivity contribution in [2.24, 2.45) is 0 Å². The van der Waals surface area contributed by atoms with Gasteiger partial charge in [0.1, 0.15) is 18.1 Å². The number of nitrogens with one attached hydrogen (secondary N) is 2. The molecule has 1 amide bonds. The van der Waals surface area contributed by atoms with Gasteiger partial charge in [-0.05, 0) is 36.4 Å². The van der Waals surface area contributed by atoms with Crippen LogP contribution in [0.15, 0.2) is 53.9 Å². The summed E-state index contributed by atoms with van der Waals surface area (Å²) in [6.07, 6.45) is 0. The summed E-state index contributed by atoms with van der Waals surface area (Å²) in [4.78, 5) is 30.1. The standard InChI is InChI=1S/C26H24FN3O5S/c1-28-20-8-7-19(30-24(20)17-14-36-25-16(17)4-3-5-18(25)27)21(32)13-29-26(33)15-6-9-22(35-11-10-31)23(12-15)34-2/h3-9,12,14,28,31H,10-11,13H2,1-2H3,(H,29,33). The zero-order chi connectivity index (χ0) is 25.7. The van der Waals surface area contributed by atoms with E-state index in [1.165, 1.54) is 36.6 Å². The van der Waals surface area contributed by atoms with Crippen molar-refractivity contribution in [1.29, 1.82) is 0 Å². The van der Waals surface area contributed by atoms with Gasteiger partial charge >= 0.3 is 0 Å². The molecule has 8 nitrogen and oxygen atoms in total. The molecule has 3 N–H and O–H groups in total. The molecule has 4 aromatic rings. The number of benzene rings is 2. The minimum Gasteiger partial charge on any atom is -0.493 e. The average Bonchev–Trinajstić information content (AvgIpc) is 3.35. The molecule has 2 heterocycles. The smallest absolute Gasteiger partial charge is 0.251 e. The van der Waals surface area contributed by atoms with Crippen molar-refractivity contribution in [2.75, 3.05) is 39.2 Å². The van der Waals surface area contributed by atoms with Gasteiger partial charge in [-0.1, -0.05) is 12.1 Å². The number of thiophene rings is 1. The molecule has 0 saturated heterocycles. The molecule has 186 valence electrons. The van der Waals surface area contributed by atoms with Crippen molar-refractivity contribution in [3.63, 3.8) is 0 Å². The van der Waals surface area contributed by atoms with Crippen molar-refractivity contribution in [1.82, 2.24) is 10.3 Å². The fraction of sp³-hybridized carbons (Fsp3) is 0.192. The number of Topliss-reactive ketones (excluding diaryl/α,β-unsaturated/α-hetero) is 1. The van der Waals surface area contributed by atoms with E-state index >= 15 is 0 Å². The van der Waals surface area contributed by atoms with Gasteiger partial charge in [0, 0.05) is 28.9 Å². The van der Waals surface area contributed by atoms with Crippen LogP contribution >= 0.6 is 11.3 Å². The van der Waals surface area contributed by atoms with Gasteiger partial charge in [-0.2, -0.15) is 0 Å². The second-order valence-corrected chi connectivity index (χ2v) is 8.53. The van der Waals surface area contributed by atoms with E-state index in [2.05, 4.69) is 15.6 Å². The third-order valence-electron chi connectivity index (χ3n) is 5.44. The molecule has 4 rings (SSSR count). The summed E-state index contributed by atoms with van der Waals surface area (Å²) in [5.74, 6) is -0.443. The van der Waals surface area contributed by atoms with Crippen LogP contribution in [0.3, 0.4) is 0 Å². The molecular formula is C26H24FN3O5S. The Morgan fingerprint density at radius 3 is 2.72 bits per heavy atom. The molecule has 36 heavy (non-hydrogen) atoms. The number of aliphatic hydroxyl groups excluding tert-OH is 1. The number of amides is 1. The highest BCUT2D eigenvalue weighted by atomic mass is 32.1. The van der Waals surface area contributed by atoms with E-state index < -0.39 is 5.91 Å². The van der Waals surface area contributed by atoms with Gasteiger partial charge < -0.3 is 25.2 Å². The zero-order valence-electron chi connectivity index (χ0n) is 19.6. The highest BCUT2D eigenvalue weighted by Gasteiger charge is 2.18. The van der Waals surface area contributed by atoms with E-state index in [0.29, 0.717) is 38.5 Å². The number of fused-ring (bicyclic) bond motifs is 1. The molecule has 0 aliphatic carbocycles. The third kappa shape index (κ3) is 5.14. The van der Waals surface area contributed by atoms with Gasteiger partial charge in [-0.3, -0.25) is 9.59 Å². The number of aromatic nitrogens is 1. The number of pyridine rings is 1. The molecule has 0 unspecified atom stereocenters. The number of nitrogens with zero attached hydrogens (tertiary/aromatic N) is 1. The largest absolute Gasteiger partial charge is 0.493 e. The van der Waals surface area contributed by atoms with E-state index in [9.17, 15) is 14.0 Å². The number of ketones is 1. The second kappa shape index (κ2) is 11.1. The second-order valence-electron chi connectivity index (χ2n) is 7.65. The maximum atomic E-state index is 14.2. The Labute approximate surface area is 210 Å². The SMILES string of the molecule is CNc1ccc(C(=O)CNC(=O)c2ccc(OCCO)c(OC)c2)nc1-c1csc2c(F)cccc12. The molecule has 2 aromatic heterocycles. The van der Waals surface area contributed by atoms with Gasteiger partial charge in [0.25, 0.3) is 5.91 Å². The lowest BCUT2D eigenvalue weighted by Gasteiger charge is -2.12. The third-order valence-corrected chi connectivity index (χ3v) is 6.45. The first-order chi connectivity index (χ1) is 17.5. The monoisotopic (exact) mass is 509 g/mol. The van der Waals surface area contributed by atoms with Gasteiger partial charge in [-0.25, -0.2) is 9.37 Å². The number of carbonyl (C=O) groups is 2. The summed E-state index contributed by atoms with van der Waals surface area (Å²) in [6.45, 7) is -0.333. The van der Waals surface area contributed by atoms with Crippen molar-refractivity contribution < 1.29 is 28.6 Å². The number of aliphatic hydroxyl groups is 1. The van der Waals surface area contributed by atoms with Crippen LogP contribution in [-0.2, 0) is 0 Å². The number of halogens is 1. The Morgan fingerprint density at radius 2 is 1.97 bits per heavy atom. The fourth-order valence-corrected chi connectivity index (χ4v) is 4.62. The first-order valence-corrected chi connectivity index (χ1v) is 11.9. The molecule has 0 saturated carbocycles. The number of methoxy groups -OCH3 is 1. The number of rotatable bonds is 10. The van der Waals surface area contributed by atoms with E-state index in [0.717, 1.165) is 0 Å². The molecule has 2 aromatic carbocycles. The Morgan fingerprint density at radius 1 is 1.14 bits per heavy atom. The molecule has 10 heteroatoms. The van der Waals surface area contributed by atoms with E-state index in [4.69, 9.17) is 14.6 Å². The number of hydrogen-bond acceptors (Lipinski definition) is 8. The Balaban J connectivity index is 1.52. The van der Waals surface area contributed by atoms with Crippen molar-refractivity contribution in [3.8, 4) is 22.8 Å². The summed E-state index contributed by atoms with van der Waals surface area (Å²) in [6, 6.07) is 12.8. The molecule has 0 spiro atoms. The van der Waals surface area contributed by atoms with Gasteiger partial charge in [-0.15, -0.1) is 11.3 Å². The summed E-state index contributed by atoms with van der Waals surface area (Å²) in [5.41, 5.74) is 2.38. The van der Waals surface area contributed by atoms with Gasteiger partial charge in [0.15, 0.2) is 17.3 Å². The average molecular weight is 510 g/mol. The first-order valence-electron chi connectivity index (χ1n) is 11.0. The number of anilines is 1. The summed E-state index contributed by atoms with van der Waals surface area (Å²) >= 11 is 1.27. The number of ether oxygens (including phenoxy) is 2. The van der Waals surface area contributed by atoms with Crippen LogP contribution in [0.4, 0.5) is 10.1 Å². The van der Waals surface area contributed by atoms with Gasteiger partial charge in [0.2, 0.25) is 0 Å². The van der Waals surface area contributed by atoms with E-state index in [-0.39, 0.29) is 42.6 Å². The predicted molar refractivity (Wildman–Crippen MR) is 137 cm³/mol. The maximum absolute atomic E-state index is 14.2. The number of hydrogen-bond donors (Lipinski definition) is 3. The van der Waals surface area contributed by atoms with Crippen LogP contribution in [0.2, 0.25) is 0 Å². The number of carbonyl (C=O) groups excluding carboxylic acids is 2. The lowest BCUT2D eigenvalue weighted by molar-refractivity contribution is 0.0902. The Hall–Kier alpha value is -4.02. The summed E-state index contributed by atoms with van der Waals surface area (Å²) in [7, 11) is 3.18. The highest BCUT2D eigenvalue weighted by Crippen LogP contribution is 2.37. The quantitative estimate of drug-likeness (QED) is 0.276. The van der Waals surface area contributed by atoms with Crippen LogP contribution < -0.4 is 20.1 Å². The summed E-state index contributed by atoms with van der Waals surface area (Å²) < 4.78 is 25.3. The zero-order valence-corrected chi connectivity index (χ0v) is 20.4. The minimum absolute atomic E-state index is 0.0911. The Kier molecular flexibility index (Phi) is 7.77. The highest BCUT2D eigenvalue weighted by molar-refractivity contribution is 7.17. The molecule has 0 aliphatic rings. The van der Waals surface area contributed by atoms with Crippen LogP contribution in [0.1, 0.15) is 20.8 Å². The van der Waals surface area contributed by atoms with Crippen molar-refractivity contribution in [3.05, 3.63) is 71.0 Å². The molecule has 0 bridgehead atoms. The van der Waals surface area contributed by atoms with E-state index in [1.807, 2.05) is 11.4 Å². The lowest BCUT2D eigenvalue weighted by Crippen LogP contribution is -2.30. The minimum atomic E-state index is -0.471. The fourth-order valence-electron chi connectivity index (χ4n) is 3.66. The van der Waals surface area contributed by atoms with Crippen LogP contribution in [0, 0.1) is 5.82 Å². The van der Waals surface area contributed by atoms with Crippen molar-refractivity contribution in [2.45, 2.75) is 0 Å². The van der Waals surface area contributed by atoms with E-state index in [1.54, 1.807) is 31.3 Å². The van der Waals surface area contributed by atoms with Crippen LogP contribution in [0.5, 0.6) is 11.5 Å². The lowest BCUT2D eigenvalue weighted by atomic mass is 10.1. The predicted octanol–water partition coefficient (Wildman–Crippen LogP) is 4.14. The topological polar surface area (TPSA) is 110 Å². The Bertz CT molecular complexity index is 1420. The molecule has 0 fully saturated rings. The molecular weight excluding hydrogens is 485 g/mol. The normalized spacial score (nSPS) is 10.8. The molecule has 0 radical (unpaired) electrons. The maximum Gasteiger partial charge on any atom is 0.251 e. The van der Waals surface area contributed by atoms with Gasteiger partial charge in [0.05, 0.1) is 36.3 Å².